The number of nitrogens with one attached hydrogen (secondary N) is 1. The second kappa shape index (κ2) is 13.2. The van der Waals surface area contributed by atoms with Gasteiger partial charge >= 0.3 is 0 Å². The molecular weight excluding hydrogens is 474 g/mol. The van der Waals surface area contributed by atoms with Crippen LogP contribution in [0, 0.1) is 0 Å². The number of amides is 1. The summed E-state index contributed by atoms with van der Waals surface area (Å²) in [6.45, 7) is 7.08. The number of carbonyl (C=O) groups is 2. The van der Waals surface area contributed by atoms with Crippen molar-refractivity contribution in [2.45, 2.75) is 64.6 Å². The molecular formula is C32H39N3O3. The number of fused-ring (bicyclic) bond motifs is 1. The van der Waals surface area contributed by atoms with Crippen LogP contribution in [0.15, 0.2) is 72.8 Å². The van der Waals surface area contributed by atoms with Crippen LogP contribution in [0.1, 0.15) is 63.1 Å². The summed E-state index contributed by atoms with van der Waals surface area (Å²) in [5, 5.41) is 10.6. The van der Waals surface area contributed by atoms with Gasteiger partial charge in [-0.1, -0.05) is 61.9 Å². The zero-order valence-corrected chi connectivity index (χ0v) is 22.5. The van der Waals surface area contributed by atoms with Crippen LogP contribution in [0.2, 0.25) is 0 Å². The summed E-state index contributed by atoms with van der Waals surface area (Å²) in [6, 6.07) is 26.4. The quantitative estimate of drug-likeness (QED) is 0.358. The van der Waals surface area contributed by atoms with Crippen LogP contribution >= 0.6 is 0 Å². The Labute approximate surface area is 226 Å². The van der Waals surface area contributed by atoms with Gasteiger partial charge in [0, 0.05) is 30.9 Å². The molecule has 38 heavy (non-hydrogen) atoms. The number of para-hydroxylation sites is 1. The number of rotatable bonds is 6. The summed E-state index contributed by atoms with van der Waals surface area (Å²) in [5.41, 5.74) is 7.15. The van der Waals surface area contributed by atoms with Gasteiger partial charge in [0.05, 0.1) is 6.04 Å². The minimum absolute atomic E-state index is 0.117. The van der Waals surface area contributed by atoms with Crippen LogP contribution in [-0.2, 0) is 16.1 Å². The van der Waals surface area contributed by atoms with E-state index in [0.717, 1.165) is 30.8 Å². The van der Waals surface area contributed by atoms with Crippen molar-refractivity contribution in [3.05, 3.63) is 83.9 Å². The Morgan fingerprint density at radius 2 is 1.63 bits per heavy atom. The van der Waals surface area contributed by atoms with Gasteiger partial charge in [-0.3, -0.25) is 14.5 Å². The van der Waals surface area contributed by atoms with Gasteiger partial charge in [-0.25, -0.2) is 0 Å². The van der Waals surface area contributed by atoms with Gasteiger partial charge in [-0.05, 0) is 85.3 Å². The van der Waals surface area contributed by atoms with Gasteiger partial charge in [-0.15, -0.1) is 0 Å². The fourth-order valence-electron chi connectivity index (χ4n) is 5.76. The molecule has 1 saturated heterocycles. The fourth-order valence-corrected chi connectivity index (χ4v) is 5.76. The van der Waals surface area contributed by atoms with E-state index in [4.69, 9.17) is 9.90 Å². The highest BCUT2D eigenvalue weighted by molar-refractivity contribution is 5.94. The van der Waals surface area contributed by atoms with Crippen LogP contribution in [0.25, 0.3) is 11.1 Å². The van der Waals surface area contributed by atoms with Gasteiger partial charge in [0.25, 0.3) is 6.47 Å². The molecule has 2 aliphatic heterocycles. The molecule has 2 N–H and O–H groups in total. The minimum Gasteiger partial charge on any atom is -0.483 e. The van der Waals surface area contributed by atoms with Crippen molar-refractivity contribution in [3.8, 4) is 11.1 Å². The Bertz CT molecular complexity index is 1190. The van der Waals surface area contributed by atoms with E-state index >= 15 is 0 Å². The van der Waals surface area contributed by atoms with Crippen molar-refractivity contribution in [1.82, 2.24) is 4.90 Å². The van der Waals surface area contributed by atoms with Crippen LogP contribution in [-0.4, -0.2) is 41.5 Å². The normalized spacial score (nSPS) is 19.1. The summed E-state index contributed by atoms with van der Waals surface area (Å²) in [6.07, 6.45) is 5.85. The average molecular weight is 514 g/mol. The van der Waals surface area contributed by atoms with Crippen molar-refractivity contribution >= 4 is 23.8 Å². The highest BCUT2D eigenvalue weighted by Gasteiger charge is 2.34. The Hall–Kier alpha value is -3.64. The number of nitrogens with zero attached hydrogens (tertiary/aromatic N) is 2. The summed E-state index contributed by atoms with van der Waals surface area (Å²) in [5.74, 6) is 0.117. The second-order valence-corrected chi connectivity index (χ2v) is 10.2. The van der Waals surface area contributed by atoms with Gasteiger partial charge < -0.3 is 15.3 Å². The molecule has 2 heterocycles. The average Bonchev–Trinajstić information content (AvgIpc) is 2.94. The highest BCUT2D eigenvalue weighted by atomic mass is 16.3. The number of piperidine rings is 1. The fraction of sp³-hybridized carbons (Fsp3) is 0.375. The third-order valence-corrected chi connectivity index (χ3v) is 7.60. The van der Waals surface area contributed by atoms with Crippen LogP contribution in [0.5, 0.6) is 0 Å². The number of carbonyl (C=O) groups excluding carboxylic acids is 1. The molecule has 3 aromatic rings. The summed E-state index contributed by atoms with van der Waals surface area (Å²) >= 11 is 0. The van der Waals surface area contributed by atoms with Gasteiger partial charge in [-0.2, -0.15) is 0 Å². The molecule has 0 aliphatic carbocycles. The molecule has 2 unspecified atom stereocenters. The smallest absolute Gasteiger partial charge is 0.290 e. The summed E-state index contributed by atoms with van der Waals surface area (Å²) in [7, 11) is 0. The van der Waals surface area contributed by atoms with E-state index in [2.05, 4.69) is 83.9 Å². The maximum Gasteiger partial charge on any atom is 0.290 e. The summed E-state index contributed by atoms with van der Waals surface area (Å²) in [4.78, 5) is 25.6. The molecule has 5 rings (SSSR count). The number of carboxylic acid groups (broad SMARTS) is 1. The SMILES string of the molecule is CCC1CC(Nc2ccccc2)c2cc(-c3ccc(CN4CCCCC4)cc3)ccc2N1C(C)=O.O=CO. The van der Waals surface area contributed by atoms with E-state index in [9.17, 15) is 4.79 Å². The molecule has 0 spiro atoms. The molecule has 6 nitrogen and oxygen atoms in total. The van der Waals surface area contributed by atoms with E-state index < -0.39 is 0 Å². The molecule has 0 bridgehead atoms. The molecule has 6 heteroatoms. The minimum atomic E-state index is -0.250. The Morgan fingerprint density at radius 3 is 2.26 bits per heavy atom. The maximum atomic E-state index is 12.7. The Kier molecular flexibility index (Phi) is 9.55. The van der Waals surface area contributed by atoms with Crippen molar-refractivity contribution in [3.63, 3.8) is 0 Å². The van der Waals surface area contributed by atoms with E-state index in [-0.39, 0.29) is 24.5 Å². The third kappa shape index (κ3) is 6.62. The maximum absolute atomic E-state index is 12.7. The molecule has 0 aromatic heterocycles. The zero-order chi connectivity index (χ0) is 26.9. The zero-order valence-electron chi connectivity index (χ0n) is 22.5. The third-order valence-electron chi connectivity index (χ3n) is 7.60. The van der Waals surface area contributed by atoms with Crippen LogP contribution in [0.4, 0.5) is 11.4 Å². The van der Waals surface area contributed by atoms with Crippen molar-refractivity contribution in [2.75, 3.05) is 23.3 Å². The first-order chi connectivity index (χ1) is 18.5. The highest BCUT2D eigenvalue weighted by Crippen LogP contribution is 2.42. The van der Waals surface area contributed by atoms with E-state index in [1.165, 1.54) is 54.6 Å². The van der Waals surface area contributed by atoms with Crippen molar-refractivity contribution < 1.29 is 14.7 Å². The molecule has 0 saturated carbocycles. The number of hydrogen-bond donors (Lipinski definition) is 2. The lowest BCUT2D eigenvalue weighted by molar-refractivity contribution is -0.123. The van der Waals surface area contributed by atoms with Crippen LogP contribution in [0.3, 0.4) is 0 Å². The Morgan fingerprint density at radius 1 is 0.974 bits per heavy atom. The largest absolute Gasteiger partial charge is 0.483 e. The first kappa shape index (κ1) is 27.4. The molecule has 2 aliphatic rings. The monoisotopic (exact) mass is 513 g/mol. The Balaban J connectivity index is 0.00000107. The van der Waals surface area contributed by atoms with Gasteiger partial charge in [0.15, 0.2) is 0 Å². The summed E-state index contributed by atoms with van der Waals surface area (Å²) < 4.78 is 0. The van der Waals surface area contributed by atoms with Crippen molar-refractivity contribution in [1.29, 1.82) is 0 Å². The predicted octanol–water partition coefficient (Wildman–Crippen LogP) is 6.73. The molecule has 3 aromatic carbocycles. The first-order valence-corrected chi connectivity index (χ1v) is 13.7. The lowest BCUT2D eigenvalue weighted by Gasteiger charge is -2.41. The molecule has 1 fully saturated rings. The lowest BCUT2D eigenvalue weighted by atomic mass is 9.87. The molecule has 200 valence electrons. The van der Waals surface area contributed by atoms with Crippen LogP contribution < -0.4 is 10.2 Å². The number of hydrogen-bond acceptors (Lipinski definition) is 4. The second-order valence-electron chi connectivity index (χ2n) is 10.2. The molecule has 0 radical (unpaired) electrons. The topological polar surface area (TPSA) is 72.9 Å². The van der Waals surface area contributed by atoms with E-state index in [1.54, 1.807) is 6.92 Å². The standard InChI is InChI=1S/C31H37N3O.CH2O2/c1-3-28-21-30(32-27-10-6-4-7-11-27)29-20-26(16-17-31(29)34(28)23(2)35)25-14-12-24(13-15-25)22-33-18-8-5-9-19-33;2-1-3/h4,6-7,10-17,20,28,30,32H,3,5,8-9,18-19,21-22H2,1-2H3;1H,(H,2,3). The first-order valence-electron chi connectivity index (χ1n) is 13.7. The van der Waals surface area contributed by atoms with Gasteiger partial charge in [0.2, 0.25) is 5.91 Å². The number of likely N-dealkylation sites (tertiary alicyclic amines) is 1. The lowest BCUT2D eigenvalue weighted by Crippen LogP contribution is -2.44. The predicted molar refractivity (Wildman–Crippen MR) is 154 cm³/mol. The molecule has 2 atom stereocenters. The van der Waals surface area contributed by atoms with E-state index in [0.29, 0.717) is 0 Å². The molecule has 1 amide bonds. The van der Waals surface area contributed by atoms with Crippen molar-refractivity contribution in [2.24, 2.45) is 0 Å². The number of anilines is 2. The number of benzene rings is 3. The van der Waals surface area contributed by atoms with E-state index in [1.807, 2.05) is 11.0 Å². The van der Waals surface area contributed by atoms with Gasteiger partial charge in [0.1, 0.15) is 0 Å².